The van der Waals surface area contributed by atoms with E-state index in [0.717, 1.165) is 30.6 Å². The summed E-state index contributed by atoms with van der Waals surface area (Å²) in [6.45, 7) is 2.61. The van der Waals surface area contributed by atoms with E-state index in [2.05, 4.69) is 35.5 Å². The Hall–Kier alpha value is -1.56. The van der Waals surface area contributed by atoms with Crippen LogP contribution in [0.5, 0.6) is 0 Å². The van der Waals surface area contributed by atoms with Gasteiger partial charge in [0.05, 0.1) is 12.8 Å². The molecule has 4 nitrogen and oxygen atoms in total. The Bertz CT molecular complexity index is 452. The molecule has 0 amide bonds. The van der Waals surface area contributed by atoms with Crippen molar-refractivity contribution in [3.63, 3.8) is 0 Å². The molecule has 0 spiro atoms. The molecule has 110 valence electrons. The molecule has 0 atom stereocenters. The minimum atomic E-state index is -0.786. The molecule has 0 aliphatic heterocycles. The van der Waals surface area contributed by atoms with E-state index < -0.39 is 5.83 Å². The number of nitrogens with two attached hydrogens (primary N) is 1. The summed E-state index contributed by atoms with van der Waals surface area (Å²) in [5, 5.41) is 10.2. The van der Waals surface area contributed by atoms with Gasteiger partial charge in [-0.3, -0.25) is 4.99 Å². The molecule has 20 heavy (non-hydrogen) atoms. The monoisotopic (exact) mass is 296 g/mol. The molecule has 0 heterocycles. The van der Waals surface area contributed by atoms with Gasteiger partial charge in [-0.1, -0.05) is 36.9 Å². The molecule has 0 aromatic rings. The maximum absolute atomic E-state index is 13.2. The minimum Gasteiger partial charge on any atom is -0.383 e. The van der Waals surface area contributed by atoms with Crippen LogP contribution in [0.2, 0.25) is 0 Å². The van der Waals surface area contributed by atoms with E-state index in [4.69, 9.17) is 11.1 Å². The Morgan fingerprint density at radius 2 is 2.40 bits per heavy atom. The standard InChI is InChI=1S/C14H21FN4S/c1-2-8-20-14(19-13(17)12(15)9-16)18-10-11-6-4-3-5-7-11/h4,6-7,9,16H,2-3,5,8,10,17H2,1H3,(H,18,19)/b13-12-,16-9?. The fourth-order valence-electron chi connectivity index (χ4n) is 1.52. The molecule has 6 heteroatoms. The zero-order chi connectivity index (χ0) is 14.8. The van der Waals surface area contributed by atoms with Crippen molar-refractivity contribution in [2.45, 2.75) is 26.2 Å². The Balaban J connectivity index is 2.69. The van der Waals surface area contributed by atoms with Crippen molar-refractivity contribution in [3.8, 4) is 0 Å². The van der Waals surface area contributed by atoms with Crippen molar-refractivity contribution in [2.24, 2.45) is 10.7 Å². The highest BCUT2D eigenvalue weighted by atomic mass is 32.2. The number of halogens is 1. The quantitative estimate of drug-likeness (QED) is 0.521. The summed E-state index contributed by atoms with van der Waals surface area (Å²) < 4.78 is 13.2. The molecular weight excluding hydrogens is 275 g/mol. The van der Waals surface area contributed by atoms with Gasteiger partial charge in [0.15, 0.2) is 11.0 Å². The first-order valence-electron chi connectivity index (χ1n) is 6.63. The van der Waals surface area contributed by atoms with E-state index in [1.54, 1.807) is 0 Å². The smallest absolute Gasteiger partial charge is 0.180 e. The first-order valence-corrected chi connectivity index (χ1v) is 7.61. The van der Waals surface area contributed by atoms with Crippen molar-refractivity contribution >= 4 is 23.1 Å². The summed E-state index contributed by atoms with van der Waals surface area (Å²) in [6.07, 6.45) is 10.0. The number of thioether (sulfide) groups is 1. The zero-order valence-corrected chi connectivity index (χ0v) is 12.5. The van der Waals surface area contributed by atoms with Crippen LogP contribution < -0.4 is 11.1 Å². The van der Waals surface area contributed by atoms with E-state index >= 15 is 0 Å². The van der Waals surface area contributed by atoms with Gasteiger partial charge in [-0.25, -0.2) is 4.39 Å². The molecular formula is C14H21FN4S. The lowest BCUT2D eigenvalue weighted by Crippen LogP contribution is -2.27. The number of hydrogen-bond donors (Lipinski definition) is 3. The molecule has 1 aliphatic rings. The average Bonchev–Trinajstić information content (AvgIpc) is 2.49. The van der Waals surface area contributed by atoms with Crippen LogP contribution in [0.3, 0.4) is 0 Å². The number of aliphatic imine (C=N–C) groups is 1. The molecule has 0 aromatic heterocycles. The first kappa shape index (κ1) is 16.5. The lowest BCUT2D eigenvalue weighted by Gasteiger charge is -2.10. The summed E-state index contributed by atoms with van der Waals surface area (Å²) in [4.78, 5) is 4.43. The second-order valence-electron chi connectivity index (χ2n) is 4.26. The molecule has 0 unspecified atom stereocenters. The van der Waals surface area contributed by atoms with Gasteiger partial charge >= 0.3 is 0 Å². The Morgan fingerprint density at radius 1 is 1.60 bits per heavy atom. The second kappa shape index (κ2) is 9.36. The van der Waals surface area contributed by atoms with E-state index in [9.17, 15) is 4.39 Å². The van der Waals surface area contributed by atoms with Gasteiger partial charge in [-0.2, -0.15) is 0 Å². The Kier molecular flexibility index (Phi) is 7.72. The van der Waals surface area contributed by atoms with Gasteiger partial charge in [-0.05, 0) is 24.8 Å². The van der Waals surface area contributed by atoms with Gasteiger partial charge in [0, 0.05) is 5.75 Å². The number of nitrogens with one attached hydrogen (secondary N) is 2. The van der Waals surface area contributed by atoms with E-state index in [0.29, 0.717) is 17.9 Å². The van der Waals surface area contributed by atoms with Crippen molar-refractivity contribution < 1.29 is 4.39 Å². The van der Waals surface area contributed by atoms with Crippen LogP contribution in [0, 0.1) is 5.41 Å². The molecule has 1 aliphatic carbocycles. The molecule has 1 rings (SSSR count). The van der Waals surface area contributed by atoms with Gasteiger partial charge < -0.3 is 16.5 Å². The van der Waals surface area contributed by atoms with Crippen LogP contribution in [0.4, 0.5) is 4.39 Å². The van der Waals surface area contributed by atoms with Crippen LogP contribution in [-0.2, 0) is 0 Å². The number of nitrogens with zero attached hydrogens (tertiary/aromatic N) is 1. The van der Waals surface area contributed by atoms with E-state index in [1.165, 1.54) is 11.8 Å². The molecule has 0 aromatic carbocycles. The molecule has 0 fully saturated rings. The Morgan fingerprint density at radius 3 is 3.00 bits per heavy atom. The zero-order valence-electron chi connectivity index (χ0n) is 11.7. The molecule has 0 radical (unpaired) electrons. The van der Waals surface area contributed by atoms with Crippen molar-refractivity contribution in [1.82, 2.24) is 5.32 Å². The fourth-order valence-corrected chi connectivity index (χ4v) is 2.26. The number of hydrogen-bond acceptors (Lipinski definition) is 4. The van der Waals surface area contributed by atoms with Gasteiger partial charge in [0.25, 0.3) is 0 Å². The third-order valence-corrected chi connectivity index (χ3v) is 3.66. The summed E-state index contributed by atoms with van der Waals surface area (Å²) in [5.41, 5.74) is 6.68. The van der Waals surface area contributed by atoms with Gasteiger partial charge in [-0.15, -0.1) is 0 Å². The average molecular weight is 296 g/mol. The number of allylic oxidation sites excluding steroid dienone is 3. The third-order valence-electron chi connectivity index (χ3n) is 2.55. The molecule has 0 saturated carbocycles. The summed E-state index contributed by atoms with van der Waals surface area (Å²) >= 11 is 1.50. The lowest BCUT2D eigenvalue weighted by atomic mass is 10.1. The van der Waals surface area contributed by atoms with E-state index in [-0.39, 0.29) is 5.82 Å². The predicted octanol–water partition coefficient (Wildman–Crippen LogP) is 3.10. The van der Waals surface area contributed by atoms with Crippen LogP contribution in [-0.4, -0.2) is 23.7 Å². The normalized spacial score (nSPS) is 16.5. The summed E-state index contributed by atoms with van der Waals surface area (Å²) in [7, 11) is 0. The SMILES string of the molecule is CCCS/C(=N\CC1=CCCC=C1)N/C(N)=C(\F)C=N. The lowest BCUT2D eigenvalue weighted by molar-refractivity contribution is 0.662. The van der Waals surface area contributed by atoms with Gasteiger partial charge in [0.1, 0.15) is 5.82 Å². The van der Waals surface area contributed by atoms with Crippen LogP contribution in [0.15, 0.2) is 40.4 Å². The second-order valence-corrected chi connectivity index (χ2v) is 5.34. The van der Waals surface area contributed by atoms with Crippen LogP contribution >= 0.6 is 11.8 Å². The minimum absolute atomic E-state index is 0.171. The van der Waals surface area contributed by atoms with E-state index in [1.807, 2.05) is 0 Å². The molecule has 0 bridgehead atoms. The Labute approximate surface area is 123 Å². The van der Waals surface area contributed by atoms with Crippen molar-refractivity contribution in [1.29, 1.82) is 5.41 Å². The van der Waals surface area contributed by atoms with Crippen molar-refractivity contribution in [3.05, 3.63) is 35.4 Å². The maximum Gasteiger partial charge on any atom is 0.180 e. The highest BCUT2D eigenvalue weighted by Crippen LogP contribution is 2.12. The first-order chi connectivity index (χ1) is 9.67. The number of amidine groups is 1. The number of rotatable bonds is 6. The van der Waals surface area contributed by atoms with Gasteiger partial charge in [0.2, 0.25) is 0 Å². The molecule has 0 saturated heterocycles. The summed E-state index contributed by atoms with van der Waals surface area (Å²) in [6, 6.07) is 0. The molecule has 4 N–H and O–H groups in total. The van der Waals surface area contributed by atoms with Crippen molar-refractivity contribution in [2.75, 3.05) is 12.3 Å². The largest absolute Gasteiger partial charge is 0.383 e. The highest BCUT2D eigenvalue weighted by molar-refractivity contribution is 8.13. The predicted molar refractivity (Wildman–Crippen MR) is 85.7 cm³/mol. The highest BCUT2D eigenvalue weighted by Gasteiger charge is 2.05. The maximum atomic E-state index is 13.2. The summed E-state index contributed by atoms with van der Waals surface area (Å²) in [5.74, 6) is -0.0812. The third kappa shape index (κ3) is 6.06. The van der Waals surface area contributed by atoms with Crippen LogP contribution in [0.25, 0.3) is 0 Å². The fraction of sp³-hybridized carbons (Fsp3) is 0.429. The van der Waals surface area contributed by atoms with Crippen LogP contribution in [0.1, 0.15) is 26.2 Å². The topological polar surface area (TPSA) is 74.3 Å².